The molecule has 3 aromatic carbocycles. The van der Waals surface area contributed by atoms with Crippen molar-refractivity contribution in [1.29, 1.82) is 0 Å². The fraction of sp³-hybridized carbons (Fsp3) is 0. The van der Waals surface area contributed by atoms with E-state index < -0.39 is 0 Å². The molecule has 0 saturated heterocycles. The number of hydrogen-bond acceptors (Lipinski definition) is 4. The lowest BCUT2D eigenvalue weighted by Gasteiger charge is -2.05. The standard InChI is InChI=1S/C23H16ClN3O2S/c24-18-14-8-7-13-17(18)21(29)27-23-25-19(15-9-3-1-4-10-15)22(30-23)26-20(28)16-11-5-2-6-12-16/h1-14H,(H,26,28)(H,25,27,29). The molecule has 0 spiro atoms. The zero-order chi connectivity index (χ0) is 20.9. The maximum Gasteiger partial charge on any atom is 0.258 e. The van der Waals surface area contributed by atoms with Crippen LogP contribution in [0.2, 0.25) is 5.02 Å². The monoisotopic (exact) mass is 433 g/mol. The number of carbonyl (C=O) groups excluding carboxylic acids is 2. The van der Waals surface area contributed by atoms with Gasteiger partial charge in [-0.25, -0.2) is 4.98 Å². The van der Waals surface area contributed by atoms with E-state index in [2.05, 4.69) is 15.6 Å². The average Bonchev–Trinajstić information content (AvgIpc) is 3.17. The number of benzene rings is 3. The second kappa shape index (κ2) is 8.90. The summed E-state index contributed by atoms with van der Waals surface area (Å²) in [6, 6.07) is 25.2. The molecule has 2 N–H and O–H groups in total. The lowest BCUT2D eigenvalue weighted by molar-refractivity contribution is 0.101. The van der Waals surface area contributed by atoms with Gasteiger partial charge in [-0.1, -0.05) is 83.6 Å². The molecule has 4 aromatic rings. The Labute approximate surface area is 182 Å². The van der Waals surface area contributed by atoms with Crippen LogP contribution in [0, 0.1) is 0 Å². The van der Waals surface area contributed by atoms with Crippen LogP contribution in [0.5, 0.6) is 0 Å². The number of nitrogens with one attached hydrogen (secondary N) is 2. The summed E-state index contributed by atoms with van der Waals surface area (Å²) >= 11 is 7.31. The minimum absolute atomic E-state index is 0.250. The summed E-state index contributed by atoms with van der Waals surface area (Å²) in [5, 5.41) is 6.95. The summed E-state index contributed by atoms with van der Waals surface area (Å²) in [4.78, 5) is 29.8. The fourth-order valence-electron chi connectivity index (χ4n) is 2.82. The van der Waals surface area contributed by atoms with Crippen molar-refractivity contribution in [3.63, 3.8) is 0 Å². The Balaban J connectivity index is 1.65. The van der Waals surface area contributed by atoms with Gasteiger partial charge in [0, 0.05) is 11.1 Å². The van der Waals surface area contributed by atoms with E-state index in [1.54, 1.807) is 48.5 Å². The van der Waals surface area contributed by atoms with Crippen molar-refractivity contribution in [3.8, 4) is 11.3 Å². The van der Waals surface area contributed by atoms with Crippen LogP contribution in [0.25, 0.3) is 11.3 Å². The summed E-state index contributed by atoms with van der Waals surface area (Å²) in [7, 11) is 0. The normalized spacial score (nSPS) is 10.4. The maximum absolute atomic E-state index is 12.7. The first kappa shape index (κ1) is 19.8. The zero-order valence-electron chi connectivity index (χ0n) is 15.6. The van der Waals surface area contributed by atoms with Crippen LogP contribution in [-0.4, -0.2) is 16.8 Å². The molecule has 4 rings (SSSR count). The topological polar surface area (TPSA) is 71.1 Å². The number of nitrogens with zero attached hydrogens (tertiary/aromatic N) is 1. The van der Waals surface area contributed by atoms with Crippen LogP contribution in [0.3, 0.4) is 0 Å². The smallest absolute Gasteiger partial charge is 0.258 e. The lowest BCUT2D eigenvalue weighted by Crippen LogP contribution is -2.12. The third-order valence-corrected chi connectivity index (χ3v) is 5.49. The number of rotatable bonds is 5. The van der Waals surface area contributed by atoms with E-state index in [9.17, 15) is 9.59 Å². The van der Waals surface area contributed by atoms with Crippen molar-refractivity contribution in [3.05, 3.63) is 101 Å². The van der Waals surface area contributed by atoms with Crippen LogP contribution in [-0.2, 0) is 0 Å². The van der Waals surface area contributed by atoms with Gasteiger partial charge in [0.2, 0.25) is 0 Å². The van der Waals surface area contributed by atoms with Crippen molar-refractivity contribution < 1.29 is 9.59 Å². The second-order valence-corrected chi connectivity index (χ2v) is 7.72. The predicted molar refractivity (Wildman–Crippen MR) is 121 cm³/mol. The van der Waals surface area contributed by atoms with E-state index >= 15 is 0 Å². The molecule has 5 nitrogen and oxygen atoms in total. The Morgan fingerprint density at radius 1 is 0.767 bits per heavy atom. The summed E-state index contributed by atoms with van der Waals surface area (Å²) in [5.74, 6) is -0.615. The minimum atomic E-state index is -0.366. The Morgan fingerprint density at radius 2 is 1.40 bits per heavy atom. The summed E-state index contributed by atoms with van der Waals surface area (Å²) < 4.78 is 0. The van der Waals surface area contributed by atoms with Crippen LogP contribution < -0.4 is 10.6 Å². The summed E-state index contributed by atoms with van der Waals surface area (Å²) in [6.07, 6.45) is 0. The molecule has 30 heavy (non-hydrogen) atoms. The molecular formula is C23H16ClN3O2S. The largest absolute Gasteiger partial charge is 0.312 e. The number of aromatic nitrogens is 1. The molecular weight excluding hydrogens is 418 g/mol. The number of anilines is 2. The van der Waals surface area contributed by atoms with Gasteiger partial charge in [-0.05, 0) is 24.3 Å². The van der Waals surface area contributed by atoms with Gasteiger partial charge >= 0.3 is 0 Å². The molecule has 0 aliphatic carbocycles. The van der Waals surface area contributed by atoms with Crippen LogP contribution in [0.15, 0.2) is 84.9 Å². The third-order valence-electron chi connectivity index (χ3n) is 4.28. The maximum atomic E-state index is 12.7. The highest BCUT2D eigenvalue weighted by Gasteiger charge is 2.19. The van der Waals surface area contributed by atoms with Gasteiger partial charge < -0.3 is 5.32 Å². The van der Waals surface area contributed by atoms with Crippen molar-refractivity contribution >= 4 is 44.9 Å². The molecule has 0 bridgehead atoms. The van der Waals surface area contributed by atoms with Gasteiger partial charge in [0.05, 0.1) is 10.6 Å². The summed E-state index contributed by atoms with van der Waals surface area (Å²) in [6.45, 7) is 0. The number of hydrogen-bond donors (Lipinski definition) is 2. The van der Waals surface area contributed by atoms with Crippen LogP contribution >= 0.6 is 22.9 Å². The SMILES string of the molecule is O=C(Nc1sc(NC(=O)c2ccccc2Cl)nc1-c1ccccc1)c1ccccc1. The van der Waals surface area contributed by atoms with E-state index in [1.165, 1.54) is 11.3 Å². The molecule has 0 aliphatic heterocycles. The Morgan fingerprint density at radius 3 is 2.10 bits per heavy atom. The minimum Gasteiger partial charge on any atom is -0.312 e. The highest BCUT2D eigenvalue weighted by Crippen LogP contribution is 2.36. The second-order valence-electron chi connectivity index (χ2n) is 6.32. The van der Waals surface area contributed by atoms with E-state index in [0.29, 0.717) is 32.0 Å². The van der Waals surface area contributed by atoms with Crippen molar-refractivity contribution in [2.24, 2.45) is 0 Å². The van der Waals surface area contributed by atoms with Crippen molar-refractivity contribution in [2.75, 3.05) is 10.6 Å². The number of carbonyl (C=O) groups is 2. The Kier molecular flexibility index (Phi) is 5.88. The highest BCUT2D eigenvalue weighted by molar-refractivity contribution is 7.20. The highest BCUT2D eigenvalue weighted by atomic mass is 35.5. The number of halogens is 1. The Bertz CT molecular complexity index is 1190. The molecule has 0 radical (unpaired) electrons. The number of thiazole rings is 1. The lowest BCUT2D eigenvalue weighted by atomic mass is 10.1. The molecule has 0 aliphatic rings. The van der Waals surface area contributed by atoms with Crippen LogP contribution in [0.1, 0.15) is 20.7 Å². The zero-order valence-corrected chi connectivity index (χ0v) is 17.2. The average molecular weight is 434 g/mol. The fourth-order valence-corrected chi connectivity index (χ4v) is 3.92. The molecule has 0 saturated carbocycles. The van der Waals surface area contributed by atoms with Gasteiger partial charge in [0.1, 0.15) is 10.7 Å². The molecule has 1 aromatic heterocycles. The first-order chi connectivity index (χ1) is 14.6. The summed E-state index contributed by atoms with van der Waals surface area (Å²) in [5.41, 5.74) is 2.30. The van der Waals surface area contributed by atoms with Gasteiger partial charge in [0.15, 0.2) is 5.13 Å². The van der Waals surface area contributed by atoms with Gasteiger partial charge in [0.25, 0.3) is 11.8 Å². The molecule has 0 atom stereocenters. The number of amides is 2. The quantitative estimate of drug-likeness (QED) is 0.407. The molecule has 0 fully saturated rings. The molecule has 0 unspecified atom stereocenters. The molecule has 7 heteroatoms. The van der Waals surface area contributed by atoms with E-state index in [-0.39, 0.29) is 11.8 Å². The van der Waals surface area contributed by atoms with Crippen molar-refractivity contribution in [2.45, 2.75) is 0 Å². The predicted octanol–water partition coefficient (Wildman–Crippen LogP) is 5.97. The molecule has 2 amide bonds. The first-order valence-corrected chi connectivity index (χ1v) is 10.3. The first-order valence-electron chi connectivity index (χ1n) is 9.10. The van der Waals surface area contributed by atoms with Gasteiger partial charge in [-0.15, -0.1) is 0 Å². The molecule has 1 heterocycles. The van der Waals surface area contributed by atoms with E-state index in [1.807, 2.05) is 36.4 Å². The van der Waals surface area contributed by atoms with Crippen molar-refractivity contribution in [1.82, 2.24) is 4.98 Å². The van der Waals surface area contributed by atoms with Gasteiger partial charge in [-0.3, -0.25) is 14.9 Å². The molecule has 148 valence electrons. The third kappa shape index (κ3) is 4.40. The van der Waals surface area contributed by atoms with Crippen LogP contribution in [0.4, 0.5) is 10.1 Å². The Hall–Kier alpha value is -3.48. The van der Waals surface area contributed by atoms with E-state index in [4.69, 9.17) is 11.6 Å². The van der Waals surface area contributed by atoms with E-state index in [0.717, 1.165) is 5.56 Å². The van der Waals surface area contributed by atoms with Gasteiger partial charge in [-0.2, -0.15) is 0 Å².